The number of anilines is 1. The van der Waals surface area contributed by atoms with Crippen molar-refractivity contribution in [2.45, 2.75) is 51.9 Å². The van der Waals surface area contributed by atoms with Crippen molar-refractivity contribution in [3.8, 4) is 0 Å². The van der Waals surface area contributed by atoms with Crippen molar-refractivity contribution < 1.29 is 9.59 Å². The molecule has 1 atom stereocenters. The molecular formula is C24H30N4O2. The molecule has 158 valence electrons. The van der Waals surface area contributed by atoms with Crippen LogP contribution in [-0.2, 0) is 9.59 Å². The first kappa shape index (κ1) is 19.3. The number of hydrogen-bond donors (Lipinski definition) is 2. The second kappa shape index (κ2) is 7.89. The summed E-state index contributed by atoms with van der Waals surface area (Å²) in [5, 5.41) is 4.04. The van der Waals surface area contributed by atoms with Crippen LogP contribution in [0.4, 0.5) is 5.82 Å². The molecule has 3 heterocycles. The van der Waals surface area contributed by atoms with Crippen LogP contribution in [0, 0.1) is 17.8 Å². The molecule has 3 aliphatic rings. The van der Waals surface area contributed by atoms with Crippen LogP contribution in [0.15, 0.2) is 24.4 Å². The average molecular weight is 407 g/mol. The topological polar surface area (TPSA) is 78.1 Å². The molecule has 0 aromatic carbocycles. The number of aromatic amines is 1. The summed E-state index contributed by atoms with van der Waals surface area (Å²) in [6.45, 7) is 3.58. The number of aromatic nitrogens is 2. The molecule has 0 radical (unpaired) electrons. The van der Waals surface area contributed by atoms with Crippen molar-refractivity contribution in [1.82, 2.24) is 14.9 Å². The van der Waals surface area contributed by atoms with Crippen molar-refractivity contribution in [2.75, 3.05) is 18.4 Å². The smallest absolute Gasteiger partial charge is 0.228 e. The standard InChI is InChI=1S/C24H30N4O2/c1-15-14-28(22(29)12-16-4-2-3-5-16)11-9-18(15)20-13-21(27-24(30)17-6-7-17)26-23-19(20)8-10-25-23/h8-10,13,15-17H,2-7,11-12,14H2,1H3,(H2,25,26,27,30). The summed E-state index contributed by atoms with van der Waals surface area (Å²) in [6.07, 6.45) is 11.7. The molecule has 2 saturated carbocycles. The van der Waals surface area contributed by atoms with Gasteiger partial charge in [-0.05, 0) is 60.8 Å². The van der Waals surface area contributed by atoms with Gasteiger partial charge in [-0.3, -0.25) is 9.59 Å². The maximum atomic E-state index is 12.8. The van der Waals surface area contributed by atoms with E-state index in [-0.39, 0.29) is 17.7 Å². The lowest BCUT2D eigenvalue weighted by Crippen LogP contribution is -2.38. The van der Waals surface area contributed by atoms with E-state index < -0.39 is 0 Å². The predicted molar refractivity (Wildman–Crippen MR) is 118 cm³/mol. The Bertz CT molecular complexity index is 998. The van der Waals surface area contributed by atoms with Crippen LogP contribution in [-0.4, -0.2) is 39.8 Å². The molecule has 6 nitrogen and oxygen atoms in total. The second-order valence-electron chi connectivity index (χ2n) is 9.27. The van der Waals surface area contributed by atoms with Gasteiger partial charge in [-0.2, -0.15) is 0 Å². The van der Waals surface area contributed by atoms with Crippen molar-refractivity contribution in [3.05, 3.63) is 30.0 Å². The van der Waals surface area contributed by atoms with E-state index in [9.17, 15) is 9.59 Å². The van der Waals surface area contributed by atoms with Gasteiger partial charge in [-0.25, -0.2) is 4.98 Å². The lowest BCUT2D eigenvalue weighted by molar-refractivity contribution is -0.132. The molecule has 0 spiro atoms. The van der Waals surface area contributed by atoms with E-state index in [1.165, 1.54) is 31.3 Å². The van der Waals surface area contributed by atoms with Gasteiger partial charge in [0, 0.05) is 37.0 Å². The number of nitrogens with zero attached hydrogens (tertiary/aromatic N) is 2. The van der Waals surface area contributed by atoms with Gasteiger partial charge >= 0.3 is 0 Å². The maximum absolute atomic E-state index is 12.8. The van der Waals surface area contributed by atoms with Gasteiger partial charge < -0.3 is 15.2 Å². The Hall–Kier alpha value is -2.63. The highest BCUT2D eigenvalue weighted by molar-refractivity contribution is 5.97. The number of amides is 2. The maximum Gasteiger partial charge on any atom is 0.228 e. The summed E-state index contributed by atoms with van der Waals surface area (Å²) >= 11 is 0. The Balaban J connectivity index is 1.37. The Morgan fingerprint density at radius 1 is 1.23 bits per heavy atom. The molecule has 5 rings (SSSR count). The van der Waals surface area contributed by atoms with Crippen LogP contribution in [0.5, 0.6) is 0 Å². The fraction of sp³-hybridized carbons (Fsp3) is 0.542. The highest BCUT2D eigenvalue weighted by atomic mass is 16.2. The van der Waals surface area contributed by atoms with E-state index in [1.807, 2.05) is 23.2 Å². The van der Waals surface area contributed by atoms with Gasteiger partial charge in [-0.1, -0.05) is 25.8 Å². The van der Waals surface area contributed by atoms with Gasteiger partial charge in [0.15, 0.2) is 0 Å². The fourth-order valence-electron chi connectivity index (χ4n) is 5.00. The van der Waals surface area contributed by atoms with E-state index in [0.29, 0.717) is 30.6 Å². The first-order valence-corrected chi connectivity index (χ1v) is 11.4. The third kappa shape index (κ3) is 3.87. The van der Waals surface area contributed by atoms with Crippen LogP contribution < -0.4 is 5.32 Å². The Labute approximate surface area is 177 Å². The fourth-order valence-corrected chi connectivity index (χ4v) is 5.00. The molecule has 1 aliphatic heterocycles. The molecule has 2 amide bonds. The van der Waals surface area contributed by atoms with Gasteiger partial charge in [0.1, 0.15) is 11.5 Å². The van der Waals surface area contributed by atoms with Crippen LogP contribution >= 0.6 is 0 Å². The van der Waals surface area contributed by atoms with E-state index in [2.05, 4.69) is 28.3 Å². The van der Waals surface area contributed by atoms with Gasteiger partial charge in [0.05, 0.1) is 0 Å². The highest BCUT2D eigenvalue weighted by Crippen LogP contribution is 2.35. The molecule has 0 bridgehead atoms. The summed E-state index contributed by atoms with van der Waals surface area (Å²) in [5.74, 6) is 1.91. The molecule has 1 unspecified atom stereocenters. The number of carbonyl (C=O) groups is 2. The average Bonchev–Trinajstić information content (AvgIpc) is 3.26. The third-order valence-corrected chi connectivity index (χ3v) is 6.89. The molecule has 2 aromatic rings. The quantitative estimate of drug-likeness (QED) is 0.775. The van der Waals surface area contributed by atoms with E-state index in [0.717, 1.165) is 36.0 Å². The van der Waals surface area contributed by atoms with Crippen LogP contribution in [0.1, 0.15) is 57.4 Å². The Morgan fingerprint density at radius 2 is 2.03 bits per heavy atom. The minimum atomic E-state index is 0.0636. The van der Waals surface area contributed by atoms with Crippen LogP contribution in [0.25, 0.3) is 16.6 Å². The SMILES string of the molecule is CC1CN(C(=O)CC2CCCC2)CC=C1c1cc(NC(=O)C2CC2)nc2[nH]ccc12. The van der Waals surface area contributed by atoms with Gasteiger partial charge in [0.25, 0.3) is 0 Å². The second-order valence-corrected chi connectivity index (χ2v) is 9.27. The van der Waals surface area contributed by atoms with Crippen LogP contribution in [0.3, 0.4) is 0 Å². The zero-order chi connectivity index (χ0) is 20.7. The van der Waals surface area contributed by atoms with E-state index in [4.69, 9.17) is 0 Å². The molecule has 2 N–H and O–H groups in total. The molecule has 2 aliphatic carbocycles. The Kier molecular flexibility index (Phi) is 5.09. The summed E-state index contributed by atoms with van der Waals surface area (Å²) in [7, 11) is 0. The molecular weight excluding hydrogens is 376 g/mol. The zero-order valence-corrected chi connectivity index (χ0v) is 17.6. The summed E-state index contributed by atoms with van der Waals surface area (Å²) in [6, 6.07) is 4.03. The van der Waals surface area contributed by atoms with Crippen molar-refractivity contribution >= 4 is 34.2 Å². The summed E-state index contributed by atoms with van der Waals surface area (Å²) < 4.78 is 0. The summed E-state index contributed by atoms with van der Waals surface area (Å²) in [4.78, 5) is 34.8. The number of pyridine rings is 1. The number of carbonyl (C=O) groups excluding carboxylic acids is 2. The number of H-pyrrole nitrogens is 1. The number of nitrogens with one attached hydrogen (secondary N) is 2. The third-order valence-electron chi connectivity index (χ3n) is 6.89. The molecule has 2 fully saturated rings. The number of fused-ring (bicyclic) bond motifs is 1. The molecule has 0 saturated heterocycles. The molecule has 2 aromatic heterocycles. The zero-order valence-electron chi connectivity index (χ0n) is 17.6. The van der Waals surface area contributed by atoms with Crippen LogP contribution in [0.2, 0.25) is 0 Å². The largest absolute Gasteiger partial charge is 0.346 e. The minimum absolute atomic E-state index is 0.0636. The highest BCUT2D eigenvalue weighted by Gasteiger charge is 2.31. The first-order valence-electron chi connectivity index (χ1n) is 11.4. The normalized spacial score (nSPS) is 22.4. The van der Waals surface area contributed by atoms with Gasteiger partial charge in [0.2, 0.25) is 11.8 Å². The van der Waals surface area contributed by atoms with E-state index in [1.54, 1.807) is 0 Å². The number of hydrogen-bond acceptors (Lipinski definition) is 3. The Morgan fingerprint density at radius 3 is 2.77 bits per heavy atom. The lowest BCUT2D eigenvalue weighted by atomic mass is 9.89. The summed E-state index contributed by atoms with van der Waals surface area (Å²) in [5.41, 5.74) is 3.11. The minimum Gasteiger partial charge on any atom is -0.346 e. The number of rotatable bonds is 5. The molecule has 6 heteroatoms. The monoisotopic (exact) mass is 406 g/mol. The van der Waals surface area contributed by atoms with Gasteiger partial charge in [-0.15, -0.1) is 0 Å². The molecule has 30 heavy (non-hydrogen) atoms. The first-order chi connectivity index (χ1) is 14.6. The van der Waals surface area contributed by atoms with Crippen molar-refractivity contribution in [3.63, 3.8) is 0 Å². The van der Waals surface area contributed by atoms with Crippen molar-refractivity contribution in [1.29, 1.82) is 0 Å². The van der Waals surface area contributed by atoms with E-state index >= 15 is 0 Å². The van der Waals surface area contributed by atoms with Crippen molar-refractivity contribution in [2.24, 2.45) is 17.8 Å². The predicted octanol–water partition coefficient (Wildman–Crippen LogP) is 4.35. The lowest BCUT2D eigenvalue weighted by Gasteiger charge is -2.32.